The number of hydrogen-bond acceptors (Lipinski definition) is 2. The van der Waals surface area contributed by atoms with Crippen molar-refractivity contribution in [3.63, 3.8) is 0 Å². The predicted molar refractivity (Wildman–Crippen MR) is 100 cm³/mol. The molecule has 1 aliphatic heterocycles. The van der Waals surface area contributed by atoms with E-state index in [-0.39, 0.29) is 23.1 Å². The minimum atomic E-state index is -0.653. The molecule has 0 unspecified atom stereocenters. The Hall–Kier alpha value is -2.33. The van der Waals surface area contributed by atoms with Crippen LogP contribution in [0.5, 0.6) is 0 Å². The van der Waals surface area contributed by atoms with Crippen molar-refractivity contribution >= 4 is 23.1 Å². The average Bonchev–Trinajstić information content (AvgIpc) is 2.87. The number of rotatable bonds is 2. The van der Waals surface area contributed by atoms with Crippen LogP contribution in [0.2, 0.25) is 5.02 Å². The molecule has 1 fully saturated rings. The highest BCUT2D eigenvalue weighted by molar-refractivity contribution is 6.35. The summed E-state index contributed by atoms with van der Waals surface area (Å²) in [5, 5.41) is 14.3. The Labute approximate surface area is 156 Å². The number of aliphatic hydroxyl groups is 1. The first-order valence-electron chi connectivity index (χ1n) is 8.82. The smallest absolute Gasteiger partial charge is 0.256 e. The molecule has 5 heteroatoms. The summed E-state index contributed by atoms with van der Waals surface area (Å²) in [5.41, 5.74) is 1.73. The first-order valence-corrected chi connectivity index (χ1v) is 9.20. The van der Waals surface area contributed by atoms with Gasteiger partial charge in [-0.15, -0.1) is 0 Å². The zero-order valence-electron chi connectivity index (χ0n) is 14.2. The third kappa shape index (κ3) is 2.78. The zero-order chi connectivity index (χ0) is 18.3. The average molecular weight is 372 g/mol. The molecule has 134 valence electrons. The number of aliphatic hydroxyl groups excluding tert-OH is 1. The molecule has 0 atom stereocenters. The number of benzene rings is 2. The van der Waals surface area contributed by atoms with Gasteiger partial charge in [0.15, 0.2) is 0 Å². The minimum Gasteiger partial charge on any atom is -0.509 e. The topological polar surface area (TPSA) is 49.3 Å². The molecule has 2 aromatic rings. The number of hydrogen-bond donors (Lipinski definition) is 2. The molecule has 0 bridgehead atoms. The van der Waals surface area contributed by atoms with Gasteiger partial charge >= 0.3 is 0 Å². The molecule has 2 aliphatic rings. The lowest BCUT2D eigenvalue weighted by Crippen LogP contribution is -2.46. The van der Waals surface area contributed by atoms with Gasteiger partial charge in [0.1, 0.15) is 11.6 Å². The van der Waals surface area contributed by atoms with E-state index in [2.05, 4.69) is 5.32 Å². The van der Waals surface area contributed by atoms with Crippen LogP contribution in [-0.2, 0) is 4.79 Å². The van der Waals surface area contributed by atoms with Gasteiger partial charge in [0.2, 0.25) is 0 Å². The van der Waals surface area contributed by atoms with Gasteiger partial charge in [0.25, 0.3) is 5.91 Å². The highest BCUT2D eigenvalue weighted by Gasteiger charge is 2.46. The third-order valence-corrected chi connectivity index (χ3v) is 5.72. The summed E-state index contributed by atoms with van der Waals surface area (Å²) in [6, 6.07) is 11.4. The van der Waals surface area contributed by atoms with E-state index in [1.807, 2.05) is 6.07 Å². The Bertz CT molecular complexity index is 899. The normalized spacial score (nSPS) is 19.1. The van der Waals surface area contributed by atoms with Gasteiger partial charge in [-0.2, -0.15) is 0 Å². The van der Waals surface area contributed by atoms with E-state index < -0.39 is 5.54 Å². The fourth-order valence-electron chi connectivity index (χ4n) is 3.99. The van der Waals surface area contributed by atoms with Gasteiger partial charge in [0, 0.05) is 10.6 Å². The molecule has 4 rings (SSSR count). The van der Waals surface area contributed by atoms with Gasteiger partial charge in [-0.05, 0) is 48.2 Å². The summed E-state index contributed by atoms with van der Waals surface area (Å²) in [6.07, 6.45) is 4.54. The summed E-state index contributed by atoms with van der Waals surface area (Å²) in [7, 11) is 0. The molecule has 0 radical (unpaired) electrons. The molecule has 3 nitrogen and oxygen atoms in total. The molecule has 1 spiro atoms. The number of halogens is 2. The molecule has 0 aromatic heterocycles. The van der Waals surface area contributed by atoms with E-state index in [0.29, 0.717) is 10.6 Å². The second kappa shape index (κ2) is 6.44. The predicted octanol–water partition coefficient (Wildman–Crippen LogP) is 5.25. The molecule has 1 aliphatic carbocycles. The number of nitrogens with one attached hydrogen (secondary N) is 1. The molecule has 2 aromatic carbocycles. The Kier molecular flexibility index (Phi) is 4.23. The number of carbonyl (C=O) groups is 1. The lowest BCUT2D eigenvalue weighted by molar-refractivity contribution is -0.116. The highest BCUT2D eigenvalue weighted by atomic mass is 35.5. The maximum absolute atomic E-state index is 13.2. The van der Waals surface area contributed by atoms with Crippen LogP contribution in [0.1, 0.15) is 37.7 Å². The van der Waals surface area contributed by atoms with Gasteiger partial charge in [-0.1, -0.05) is 49.1 Å². The first-order chi connectivity index (χ1) is 12.5. The largest absolute Gasteiger partial charge is 0.509 e. The van der Waals surface area contributed by atoms with Gasteiger partial charge < -0.3 is 10.4 Å². The molecule has 1 amide bonds. The van der Waals surface area contributed by atoms with E-state index in [1.54, 1.807) is 24.3 Å². The zero-order valence-corrected chi connectivity index (χ0v) is 14.9. The van der Waals surface area contributed by atoms with E-state index in [1.165, 1.54) is 12.1 Å². The molecule has 26 heavy (non-hydrogen) atoms. The third-order valence-electron chi connectivity index (χ3n) is 5.39. The van der Waals surface area contributed by atoms with E-state index in [0.717, 1.165) is 43.2 Å². The summed E-state index contributed by atoms with van der Waals surface area (Å²) in [4.78, 5) is 12.7. The number of carbonyl (C=O) groups excluding carboxylic acids is 1. The quantitative estimate of drug-likeness (QED) is 0.757. The van der Waals surface area contributed by atoms with Crippen molar-refractivity contribution in [3.8, 4) is 11.1 Å². The van der Waals surface area contributed by atoms with Crippen LogP contribution in [0.3, 0.4) is 0 Å². The van der Waals surface area contributed by atoms with E-state index in [9.17, 15) is 14.3 Å². The van der Waals surface area contributed by atoms with Crippen molar-refractivity contribution in [1.29, 1.82) is 0 Å². The van der Waals surface area contributed by atoms with E-state index in [4.69, 9.17) is 11.6 Å². The molecule has 0 saturated heterocycles. The fraction of sp³-hybridized carbons (Fsp3) is 0.286. The Balaban J connectivity index is 1.80. The standard InChI is InChI=1S/C21H19ClFNO2/c22-17-9-6-14(13-4-7-15(23)8-5-13)12-16(17)18-19(25)21(24-20(18)26)10-2-1-3-11-21/h4-9,12,25H,1-3,10-11H2,(H,24,26). The fourth-order valence-corrected chi connectivity index (χ4v) is 4.20. The number of amides is 1. The molecule has 1 saturated carbocycles. The lowest BCUT2D eigenvalue weighted by atomic mass is 9.80. The molecular formula is C21H19ClFNO2. The van der Waals surface area contributed by atoms with Gasteiger partial charge in [-0.3, -0.25) is 4.79 Å². The monoisotopic (exact) mass is 371 g/mol. The Morgan fingerprint density at radius 1 is 1.00 bits per heavy atom. The van der Waals surface area contributed by atoms with Crippen LogP contribution in [-0.4, -0.2) is 16.6 Å². The van der Waals surface area contributed by atoms with Crippen LogP contribution < -0.4 is 5.32 Å². The van der Waals surface area contributed by atoms with Gasteiger partial charge in [-0.25, -0.2) is 4.39 Å². The maximum Gasteiger partial charge on any atom is 0.256 e. The van der Waals surface area contributed by atoms with Crippen molar-refractivity contribution in [3.05, 3.63) is 64.6 Å². The van der Waals surface area contributed by atoms with Crippen molar-refractivity contribution in [2.75, 3.05) is 0 Å². The van der Waals surface area contributed by atoms with Crippen molar-refractivity contribution in [2.24, 2.45) is 0 Å². The maximum atomic E-state index is 13.2. The highest BCUT2D eigenvalue weighted by Crippen LogP contribution is 2.43. The van der Waals surface area contributed by atoms with E-state index >= 15 is 0 Å². The van der Waals surface area contributed by atoms with Crippen LogP contribution >= 0.6 is 11.6 Å². The van der Waals surface area contributed by atoms with Crippen LogP contribution in [0, 0.1) is 5.82 Å². The summed E-state index contributed by atoms with van der Waals surface area (Å²) in [5.74, 6) is -0.499. The second-order valence-corrected chi connectivity index (χ2v) is 7.43. The second-order valence-electron chi connectivity index (χ2n) is 7.02. The SMILES string of the molecule is O=C1NC2(CCCCC2)C(O)=C1c1cc(-c2ccc(F)cc2)ccc1Cl. The molecule has 1 heterocycles. The molecular weight excluding hydrogens is 353 g/mol. The summed E-state index contributed by atoms with van der Waals surface area (Å²) < 4.78 is 13.2. The Morgan fingerprint density at radius 3 is 2.35 bits per heavy atom. The first kappa shape index (κ1) is 17.1. The van der Waals surface area contributed by atoms with Gasteiger partial charge in [0.05, 0.1) is 11.1 Å². The summed E-state index contributed by atoms with van der Waals surface area (Å²) >= 11 is 6.36. The lowest BCUT2D eigenvalue weighted by Gasteiger charge is -2.33. The van der Waals surface area contributed by atoms with Crippen LogP contribution in [0.4, 0.5) is 4.39 Å². The Morgan fingerprint density at radius 2 is 1.65 bits per heavy atom. The van der Waals surface area contributed by atoms with Crippen molar-refractivity contribution in [1.82, 2.24) is 5.32 Å². The van der Waals surface area contributed by atoms with Crippen molar-refractivity contribution in [2.45, 2.75) is 37.6 Å². The van der Waals surface area contributed by atoms with Crippen molar-refractivity contribution < 1.29 is 14.3 Å². The van der Waals surface area contributed by atoms with Crippen LogP contribution in [0.25, 0.3) is 16.7 Å². The molecule has 2 N–H and O–H groups in total. The van der Waals surface area contributed by atoms with Crippen LogP contribution in [0.15, 0.2) is 48.2 Å². The minimum absolute atomic E-state index is 0.0976. The summed E-state index contributed by atoms with van der Waals surface area (Å²) in [6.45, 7) is 0.